The van der Waals surface area contributed by atoms with Crippen LogP contribution >= 0.6 is 0 Å². The normalized spacial score (nSPS) is 20.6. The van der Waals surface area contributed by atoms with E-state index >= 15 is 0 Å². The van der Waals surface area contributed by atoms with Gasteiger partial charge in [0.2, 0.25) is 0 Å². The summed E-state index contributed by atoms with van der Waals surface area (Å²) in [6.45, 7) is 13.1. The highest BCUT2D eigenvalue weighted by atomic mass is 16.1. The molecule has 1 nitrogen and oxygen atoms in total. The second-order valence-electron chi connectivity index (χ2n) is 5.96. The van der Waals surface area contributed by atoms with Crippen molar-refractivity contribution in [2.45, 2.75) is 60.8 Å². The molecule has 0 heterocycles. The van der Waals surface area contributed by atoms with Crippen molar-refractivity contribution in [2.24, 2.45) is 17.3 Å². The predicted octanol–water partition coefficient (Wildman–Crippen LogP) is 4.93. The number of rotatable bonds is 4. The maximum atomic E-state index is 12.7. The van der Waals surface area contributed by atoms with Gasteiger partial charge in [-0.2, -0.15) is 0 Å². The maximum absolute atomic E-state index is 12.7. The fraction of sp³-hybridized carbons (Fsp3) is 0.706. The topological polar surface area (TPSA) is 17.1 Å². The van der Waals surface area contributed by atoms with Gasteiger partial charge in [0.15, 0.2) is 0 Å². The van der Waals surface area contributed by atoms with Crippen molar-refractivity contribution in [2.75, 3.05) is 0 Å². The molecule has 0 aromatic rings. The summed E-state index contributed by atoms with van der Waals surface area (Å²) in [6.07, 6.45) is 6.94. The molecule has 0 bridgehead atoms. The fourth-order valence-electron chi connectivity index (χ4n) is 3.95. The summed E-state index contributed by atoms with van der Waals surface area (Å²) in [7, 11) is 0. The van der Waals surface area contributed by atoms with E-state index in [0.717, 1.165) is 12.8 Å². The highest BCUT2D eigenvalue weighted by Gasteiger charge is 2.48. The standard InChI is InChI=1S/C17H28O/c1-7-9-14-10-11-16(18)17(12(3)4,13(5)6)15(14)8-2/h7,9,12-13H,8,10-11H2,1-6H3/b9-7-. The highest BCUT2D eigenvalue weighted by molar-refractivity contribution is 5.90. The molecule has 1 aliphatic rings. The van der Waals surface area contributed by atoms with Crippen LogP contribution in [0.5, 0.6) is 0 Å². The van der Waals surface area contributed by atoms with Gasteiger partial charge in [-0.15, -0.1) is 0 Å². The van der Waals surface area contributed by atoms with Gasteiger partial charge >= 0.3 is 0 Å². The largest absolute Gasteiger partial charge is 0.299 e. The number of carbonyl (C=O) groups is 1. The predicted molar refractivity (Wildman–Crippen MR) is 78.5 cm³/mol. The van der Waals surface area contributed by atoms with E-state index in [2.05, 4.69) is 53.7 Å². The van der Waals surface area contributed by atoms with E-state index in [1.165, 1.54) is 11.1 Å². The molecule has 0 N–H and O–H groups in total. The maximum Gasteiger partial charge on any atom is 0.143 e. The van der Waals surface area contributed by atoms with Crippen molar-refractivity contribution in [1.29, 1.82) is 0 Å². The number of Topliss-reactive ketones (excluding diaryl/α,β-unsaturated/α-hetero) is 1. The molecule has 1 aliphatic carbocycles. The lowest BCUT2D eigenvalue weighted by molar-refractivity contribution is -0.132. The zero-order valence-corrected chi connectivity index (χ0v) is 12.8. The minimum absolute atomic E-state index is 0.234. The molecule has 0 fully saturated rings. The Balaban J connectivity index is 3.51. The first-order chi connectivity index (χ1) is 8.42. The van der Waals surface area contributed by atoms with Gasteiger partial charge in [0.1, 0.15) is 5.78 Å². The van der Waals surface area contributed by atoms with Crippen molar-refractivity contribution < 1.29 is 4.79 Å². The minimum atomic E-state index is -0.234. The molecular weight excluding hydrogens is 220 g/mol. The van der Waals surface area contributed by atoms with E-state index in [1.54, 1.807) is 0 Å². The highest BCUT2D eigenvalue weighted by Crippen LogP contribution is 2.50. The van der Waals surface area contributed by atoms with Crippen LogP contribution in [0.4, 0.5) is 0 Å². The van der Waals surface area contributed by atoms with Crippen molar-refractivity contribution in [1.82, 2.24) is 0 Å². The Morgan fingerprint density at radius 3 is 2.11 bits per heavy atom. The first-order valence-corrected chi connectivity index (χ1v) is 7.31. The molecule has 0 saturated carbocycles. The molecule has 0 radical (unpaired) electrons. The average molecular weight is 248 g/mol. The number of allylic oxidation sites excluding steroid dienone is 4. The van der Waals surface area contributed by atoms with Gasteiger partial charge in [0.25, 0.3) is 0 Å². The van der Waals surface area contributed by atoms with Gasteiger partial charge in [-0.25, -0.2) is 0 Å². The lowest BCUT2D eigenvalue weighted by Gasteiger charge is -2.45. The summed E-state index contributed by atoms with van der Waals surface area (Å²) in [6, 6.07) is 0. The summed E-state index contributed by atoms with van der Waals surface area (Å²) >= 11 is 0. The van der Waals surface area contributed by atoms with Crippen LogP contribution < -0.4 is 0 Å². The van der Waals surface area contributed by atoms with Crippen LogP contribution in [0.15, 0.2) is 23.3 Å². The van der Waals surface area contributed by atoms with Crippen molar-refractivity contribution >= 4 is 5.78 Å². The molecule has 0 saturated heterocycles. The Morgan fingerprint density at radius 2 is 1.72 bits per heavy atom. The summed E-state index contributed by atoms with van der Waals surface area (Å²) in [4.78, 5) is 12.7. The van der Waals surface area contributed by atoms with Gasteiger partial charge < -0.3 is 0 Å². The van der Waals surface area contributed by atoms with Crippen LogP contribution in [0.2, 0.25) is 0 Å². The van der Waals surface area contributed by atoms with Crippen LogP contribution in [-0.2, 0) is 4.79 Å². The number of hydrogen-bond donors (Lipinski definition) is 0. The minimum Gasteiger partial charge on any atom is -0.299 e. The Morgan fingerprint density at radius 1 is 1.17 bits per heavy atom. The first kappa shape index (κ1) is 15.2. The second-order valence-corrected chi connectivity index (χ2v) is 5.96. The third kappa shape index (κ3) is 2.20. The van der Waals surface area contributed by atoms with Crippen LogP contribution in [0.25, 0.3) is 0 Å². The molecule has 0 unspecified atom stereocenters. The van der Waals surface area contributed by atoms with E-state index in [9.17, 15) is 4.79 Å². The molecule has 18 heavy (non-hydrogen) atoms. The Kier molecular flexibility index (Phi) is 4.95. The Labute approximate surface area is 112 Å². The van der Waals surface area contributed by atoms with Gasteiger partial charge in [-0.1, -0.05) is 52.3 Å². The summed E-state index contributed by atoms with van der Waals surface area (Å²) in [5, 5.41) is 0. The SMILES string of the molecule is C/C=C\C1=C(CC)C(C(C)C)(C(C)C)C(=O)CC1. The van der Waals surface area contributed by atoms with E-state index in [0.29, 0.717) is 24.0 Å². The van der Waals surface area contributed by atoms with Crippen molar-refractivity contribution in [3.63, 3.8) is 0 Å². The molecule has 1 heteroatoms. The molecule has 0 spiro atoms. The number of ketones is 1. The van der Waals surface area contributed by atoms with E-state index < -0.39 is 0 Å². The number of hydrogen-bond acceptors (Lipinski definition) is 1. The van der Waals surface area contributed by atoms with Gasteiger partial charge in [0.05, 0.1) is 5.41 Å². The summed E-state index contributed by atoms with van der Waals surface area (Å²) in [5.41, 5.74) is 2.56. The van der Waals surface area contributed by atoms with Gasteiger partial charge in [0, 0.05) is 6.42 Å². The average Bonchev–Trinajstić information content (AvgIpc) is 2.30. The summed E-state index contributed by atoms with van der Waals surface area (Å²) in [5.74, 6) is 1.21. The van der Waals surface area contributed by atoms with Gasteiger partial charge in [-0.05, 0) is 37.2 Å². The lowest BCUT2D eigenvalue weighted by atomic mass is 9.56. The summed E-state index contributed by atoms with van der Waals surface area (Å²) < 4.78 is 0. The van der Waals surface area contributed by atoms with E-state index in [4.69, 9.17) is 0 Å². The van der Waals surface area contributed by atoms with Crippen LogP contribution in [-0.4, -0.2) is 5.78 Å². The number of carbonyl (C=O) groups excluding carboxylic acids is 1. The quantitative estimate of drug-likeness (QED) is 0.689. The smallest absolute Gasteiger partial charge is 0.143 e. The zero-order valence-electron chi connectivity index (χ0n) is 12.8. The molecular formula is C17H28O. The second kappa shape index (κ2) is 5.86. The van der Waals surface area contributed by atoms with Gasteiger partial charge in [-0.3, -0.25) is 4.79 Å². The van der Waals surface area contributed by atoms with Crippen LogP contribution in [0.3, 0.4) is 0 Å². The molecule has 0 atom stereocenters. The van der Waals surface area contributed by atoms with E-state index in [-0.39, 0.29) is 5.41 Å². The fourth-order valence-corrected chi connectivity index (χ4v) is 3.95. The molecule has 0 aromatic heterocycles. The van der Waals surface area contributed by atoms with Crippen LogP contribution in [0.1, 0.15) is 60.8 Å². The van der Waals surface area contributed by atoms with E-state index in [1.807, 2.05) is 0 Å². The van der Waals surface area contributed by atoms with Crippen molar-refractivity contribution in [3.8, 4) is 0 Å². The Bertz CT molecular complexity index is 361. The third-order valence-corrected chi connectivity index (χ3v) is 4.51. The third-order valence-electron chi connectivity index (χ3n) is 4.51. The monoisotopic (exact) mass is 248 g/mol. The zero-order chi connectivity index (χ0) is 13.9. The molecule has 0 aliphatic heterocycles. The molecule has 0 aromatic carbocycles. The van der Waals surface area contributed by atoms with Crippen molar-refractivity contribution in [3.05, 3.63) is 23.3 Å². The first-order valence-electron chi connectivity index (χ1n) is 7.31. The molecule has 0 amide bonds. The molecule has 102 valence electrons. The van der Waals surface area contributed by atoms with Crippen LogP contribution in [0, 0.1) is 17.3 Å². The lowest BCUT2D eigenvalue weighted by Crippen LogP contribution is -2.45. The Hall–Kier alpha value is -0.850. The molecule has 1 rings (SSSR count).